The molecule has 0 bridgehead atoms. The van der Waals surface area contributed by atoms with Crippen molar-refractivity contribution in [3.63, 3.8) is 0 Å². The largest absolute Gasteiger partial charge is 0.451 e. The number of nitrogens with zero attached hydrogens (tertiary/aromatic N) is 2. The fourth-order valence-corrected chi connectivity index (χ4v) is 3.09. The van der Waals surface area contributed by atoms with Crippen molar-refractivity contribution in [2.75, 3.05) is 6.61 Å². The highest BCUT2D eigenvalue weighted by Gasteiger charge is 2.20. The van der Waals surface area contributed by atoms with E-state index in [1.807, 2.05) is 61.7 Å². The summed E-state index contributed by atoms with van der Waals surface area (Å²) in [6, 6.07) is 14.9. The van der Waals surface area contributed by atoms with E-state index in [0.29, 0.717) is 5.69 Å². The second-order valence-corrected chi connectivity index (χ2v) is 6.89. The highest BCUT2D eigenvalue weighted by Crippen LogP contribution is 2.26. The lowest BCUT2D eigenvalue weighted by Gasteiger charge is -2.10. The standard InChI is InChI=1S/C19H19N3O3S/c1-13(2)20-18(23)12-25-19(24)16-11-15(17-9-6-10-26-17)21-22(16)14-7-4-3-5-8-14/h3-11,13H,12H2,1-2H3,(H,20,23). The minimum Gasteiger partial charge on any atom is -0.451 e. The van der Waals surface area contributed by atoms with Crippen LogP contribution in [-0.4, -0.2) is 34.3 Å². The third-order valence-corrected chi connectivity index (χ3v) is 4.37. The highest BCUT2D eigenvalue weighted by atomic mass is 32.1. The summed E-state index contributed by atoms with van der Waals surface area (Å²) in [5.74, 6) is -0.930. The van der Waals surface area contributed by atoms with Crippen molar-refractivity contribution in [1.82, 2.24) is 15.1 Å². The summed E-state index contributed by atoms with van der Waals surface area (Å²) in [7, 11) is 0. The van der Waals surface area contributed by atoms with Gasteiger partial charge in [0.1, 0.15) is 5.69 Å². The molecule has 0 radical (unpaired) electrons. The lowest BCUT2D eigenvalue weighted by molar-refractivity contribution is -0.124. The van der Waals surface area contributed by atoms with E-state index in [1.54, 1.807) is 6.07 Å². The average Bonchev–Trinajstić information content (AvgIpc) is 3.29. The maximum Gasteiger partial charge on any atom is 0.357 e. The molecule has 1 aromatic carbocycles. The van der Waals surface area contributed by atoms with Crippen LogP contribution in [-0.2, 0) is 9.53 Å². The number of rotatable bonds is 6. The molecule has 0 aliphatic rings. The van der Waals surface area contributed by atoms with Gasteiger partial charge in [0.2, 0.25) is 0 Å². The smallest absolute Gasteiger partial charge is 0.357 e. The molecule has 134 valence electrons. The number of benzene rings is 1. The van der Waals surface area contributed by atoms with Crippen LogP contribution < -0.4 is 5.32 Å². The molecule has 26 heavy (non-hydrogen) atoms. The summed E-state index contributed by atoms with van der Waals surface area (Å²) in [5, 5.41) is 9.18. The van der Waals surface area contributed by atoms with E-state index in [4.69, 9.17) is 4.74 Å². The lowest BCUT2D eigenvalue weighted by Crippen LogP contribution is -2.34. The van der Waals surface area contributed by atoms with Crippen LogP contribution in [0.4, 0.5) is 0 Å². The zero-order valence-corrected chi connectivity index (χ0v) is 15.3. The van der Waals surface area contributed by atoms with E-state index in [0.717, 1.165) is 10.6 Å². The monoisotopic (exact) mass is 369 g/mol. The molecule has 0 unspecified atom stereocenters. The maximum absolute atomic E-state index is 12.6. The number of thiophene rings is 1. The van der Waals surface area contributed by atoms with Crippen molar-refractivity contribution in [3.05, 3.63) is 59.6 Å². The number of carbonyl (C=O) groups excluding carboxylic acids is 2. The number of carbonyl (C=O) groups is 2. The molecule has 6 nitrogen and oxygen atoms in total. The number of aromatic nitrogens is 2. The van der Waals surface area contributed by atoms with Crippen molar-refractivity contribution < 1.29 is 14.3 Å². The molecule has 0 fully saturated rings. The first-order valence-corrected chi connectivity index (χ1v) is 9.08. The molecule has 3 aromatic rings. The number of amides is 1. The van der Waals surface area contributed by atoms with Crippen LogP contribution in [0.5, 0.6) is 0 Å². The predicted molar refractivity (Wildman–Crippen MR) is 100 cm³/mol. The topological polar surface area (TPSA) is 73.2 Å². The van der Waals surface area contributed by atoms with Crippen LogP contribution in [0.15, 0.2) is 53.9 Å². The summed E-state index contributed by atoms with van der Waals surface area (Å²) in [6.07, 6.45) is 0. The molecule has 2 heterocycles. The second kappa shape index (κ2) is 7.97. The van der Waals surface area contributed by atoms with Crippen LogP contribution in [0.2, 0.25) is 0 Å². The minimum atomic E-state index is -0.594. The number of nitrogens with one attached hydrogen (secondary N) is 1. The molecular formula is C19H19N3O3S. The summed E-state index contributed by atoms with van der Waals surface area (Å²) >= 11 is 1.54. The Morgan fingerprint density at radius 3 is 2.62 bits per heavy atom. The van der Waals surface area contributed by atoms with Gasteiger partial charge < -0.3 is 10.1 Å². The molecule has 0 atom stereocenters. The molecule has 3 rings (SSSR count). The van der Waals surface area contributed by atoms with Crippen LogP contribution in [0.1, 0.15) is 24.3 Å². The van der Waals surface area contributed by atoms with Gasteiger partial charge in [-0.05, 0) is 37.4 Å². The van der Waals surface area contributed by atoms with Crippen LogP contribution in [0.25, 0.3) is 16.3 Å². The Hall–Kier alpha value is -2.93. The quantitative estimate of drug-likeness (QED) is 0.677. The van der Waals surface area contributed by atoms with Gasteiger partial charge in [0.25, 0.3) is 5.91 Å². The average molecular weight is 369 g/mol. The molecule has 2 aromatic heterocycles. The van der Waals surface area contributed by atoms with Gasteiger partial charge in [-0.3, -0.25) is 4.79 Å². The Balaban J connectivity index is 1.87. The van der Waals surface area contributed by atoms with Crippen molar-refractivity contribution in [1.29, 1.82) is 0 Å². The summed E-state index contributed by atoms with van der Waals surface area (Å²) in [4.78, 5) is 25.2. The number of hydrogen-bond acceptors (Lipinski definition) is 5. The van der Waals surface area contributed by atoms with Crippen LogP contribution >= 0.6 is 11.3 Å². The van der Waals surface area contributed by atoms with Crippen molar-refractivity contribution in [3.8, 4) is 16.3 Å². The maximum atomic E-state index is 12.6. The zero-order chi connectivity index (χ0) is 18.5. The van der Waals surface area contributed by atoms with Gasteiger partial charge in [-0.25, -0.2) is 9.48 Å². The van der Waals surface area contributed by atoms with Gasteiger partial charge >= 0.3 is 5.97 Å². The Morgan fingerprint density at radius 1 is 1.19 bits per heavy atom. The second-order valence-electron chi connectivity index (χ2n) is 5.94. The molecule has 1 N–H and O–H groups in total. The van der Waals surface area contributed by atoms with Crippen LogP contribution in [0, 0.1) is 0 Å². The number of hydrogen-bond donors (Lipinski definition) is 1. The third kappa shape index (κ3) is 4.18. The molecule has 7 heteroatoms. The van der Waals surface area contributed by atoms with E-state index >= 15 is 0 Å². The van der Waals surface area contributed by atoms with E-state index in [2.05, 4.69) is 10.4 Å². The first kappa shape index (κ1) is 17.9. The first-order valence-electron chi connectivity index (χ1n) is 8.20. The summed E-state index contributed by atoms with van der Waals surface area (Å²) < 4.78 is 6.71. The molecule has 0 saturated heterocycles. The lowest BCUT2D eigenvalue weighted by atomic mass is 10.3. The first-order chi connectivity index (χ1) is 12.5. The summed E-state index contributed by atoms with van der Waals surface area (Å²) in [5.41, 5.74) is 1.70. The Labute approximate surface area is 155 Å². The molecule has 0 aliphatic carbocycles. The summed E-state index contributed by atoms with van der Waals surface area (Å²) in [6.45, 7) is 3.36. The van der Waals surface area contributed by atoms with E-state index < -0.39 is 5.97 Å². The van der Waals surface area contributed by atoms with E-state index in [-0.39, 0.29) is 24.2 Å². The van der Waals surface area contributed by atoms with Crippen LogP contribution in [0.3, 0.4) is 0 Å². The fourth-order valence-electron chi connectivity index (χ4n) is 2.41. The van der Waals surface area contributed by atoms with Gasteiger partial charge in [0.15, 0.2) is 12.3 Å². The zero-order valence-electron chi connectivity index (χ0n) is 14.5. The fraction of sp³-hybridized carbons (Fsp3) is 0.211. The van der Waals surface area contributed by atoms with E-state index in [1.165, 1.54) is 16.0 Å². The number of para-hydroxylation sites is 1. The Morgan fingerprint density at radius 2 is 1.96 bits per heavy atom. The predicted octanol–water partition coefficient (Wildman–Crippen LogP) is 3.28. The third-order valence-electron chi connectivity index (χ3n) is 3.48. The molecule has 0 saturated carbocycles. The van der Waals surface area contributed by atoms with Crippen molar-refractivity contribution in [2.45, 2.75) is 19.9 Å². The molecule has 0 spiro atoms. The SMILES string of the molecule is CC(C)NC(=O)COC(=O)c1cc(-c2cccs2)nn1-c1ccccc1. The van der Waals surface area contributed by atoms with Crippen molar-refractivity contribution >= 4 is 23.2 Å². The number of ether oxygens (including phenoxy) is 1. The highest BCUT2D eigenvalue weighted by molar-refractivity contribution is 7.13. The Bertz CT molecular complexity index is 886. The molecular weight excluding hydrogens is 350 g/mol. The molecule has 0 aliphatic heterocycles. The van der Waals surface area contributed by atoms with Gasteiger partial charge in [-0.2, -0.15) is 5.10 Å². The van der Waals surface area contributed by atoms with E-state index in [9.17, 15) is 9.59 Å². The van der Waals surface area contributed by atoms with Gasteiger partial charge in [0, 0.05) is 12.1 Å². The van der Waals surface area contributed by atoms with Gasteiger partial charge in [0.05, 0.1) is 10.6 Å². The van der Waals surface area contributed by atoms with Gasteiger partial charge in [-0.15, -0.1) is 11.3 Å². The Kier molecular flexibility index (Phi) is 5.48. The number of esters is 1. The minimum absolute atomic E-state index is 0.0125. The van der Waals surface area contributed by atoms with Crippen molar-refractivity contribution in [2.24, 2.45) is 0 Å². The normalized spacial score (nSPS) is 10.7. The molecule has 1 amide bonds. The van der Waals surface area contributed by atoms with Gasteiger partial charge in [-0.1, -0.05) is 24.3 Å².